The molecule has 2 saturated carbocycles. The van der Waals surface area contributed by atoms with E-state index in [0.29, 0.717) is 0 Å². The molecule has 3 aliphatic rings. The molecule has 2 aliphatic carbocycles. The van der Waals surface area contributed by atoms with Gasteiger partial charge in [-0.1, -0.05) is 0 Å². The first kappa shape index (κ1) is 13.9. The van der Waals surface area contributed by atoms with E-state index in [4.69, 9.17) is 4.74 Å². The van der Waals surface area contributed by atoms with E-state index in [1.165, 1.54) is 0 Å². The smallest absolute Gasteiger partial charge is 0.224 e. The third kappa shape index (κ3) is 2.32. The molecule has 1 heterocycles. The Morgan fingerprint density at radius 3 is 2.50 bits per heavy atom. The Labute approximate surface area is 119 Å². The molecule has 0 unspecified atom stereocenters. The largest absolute Gasteiger partial charge is 0.550 e. The minimum absolute atomic E-state index is 0.0495. The van der Waals surface area contributed by atoms with Crippen LogP contribution in [0.2, 0.25) is 0 Å². The number of hydrogen-bond acceptors (Lipinski definition) is 4. The van der Waals surface area contributed by atoms with E-state index in [2.05, 4.69) is 5.32 Å². The molecule has 1 aliphatic heterocycles. The average Bonchev–Trinajstić information content (AvgIpc) is 3.13. The normalized spacial score (nSPS) is 40.8. The van der Waals surface area contributed by atoms with E-state index in [1.54, 1.807) is 0 Å². The number of carbonyl (C=O) groups is 2. The van der Waals surface area contributed by atoms with Crippen molar-refractivity contribution in [3.63, 3.8) is 0 Å². The van der Waals surface area contributed by atoms with Crippen LogP contribution in [0.1, 0.15) is 39.0 Å². The van der Waals surface area contributed by atoms with Gasteiger partial charge in [0.25, 0.3) is 0 Å². The number of carbonyl (C=O) groups excluding carboxylic acids is 2. The number of carboxylic acid groups (broad SMARTS) is 1. The van der Waals surface area contributed by atoms with Crippen LogP contribution in [0.5, 0.6) is 0 Å². The van der Waals surface area contributed by atoms with Crippen molar-refractivity contribution in [2.45, 2.75) is 51.2 Å². The van der Waals surface area contributed by atoms with Crippen LogP contribution in [0, 0.1) is 23.7 Å². The number of carboxylic acids is 1. The number of amides is 1. The molecule has 5 nitrogen and oxygen atoms in total. The predicted octanol–water partition coefficient (Wildman–Crippen LogP) is 0.0823. The fourth-order valence-corrected chi connectivity index (χ4v) is 4.42. The van der Waals surface area contributed by atoms with Crippen LogP contribution in [-0.4, -0.2) is 30.6 Å². The predicted molar refractivity (Wildman–Crippen MR) is 69.4 cm³/mol. The van der Waals surface area contributed by atoms with Gasteiger partial charge in [-0.25, -0.2) is 0 Å². The Hall–Kier alpha value is -1.10. The highest BCUT2D eigenvalue weighted by atomic mass is 16.5. The molecule has 1 N–H and O–H groups in total. The van der Waals surface area contributed by atoms with Crippen LogP contribution < -0.4 is 10.4 Å². The van der Waals surface area contributed by atoms with Crippen LogP contribution >= 0.6 is 0 Å². The summed E-state index contributed by atoms with van der Waals surface area (Å²) in [6.45, 7) is 2.69. The second-order valence-electron chi connectivity index (χ2n) is 6.55. The molecule has 1 amide bonds. The molecule has 0 aromatic rings. The van der Waals surface area contributed by atoms with Gasteiger partial charge in [-0.2, -0.15) is 0 Å². The molecular formula is C15H22NO4-. The van der Waals surface area contributed by atoms with Crippen molar-refractivity contribution in [1.29, 1.82) is 0 Å². The molecule has 0 spiro atoms. The summed E-state index contributed by atoms with van der Waals surface area (Å²) >= 11 is 0. The highest BCUT2D eigenvalue weighted by Gasteiger charge is 2.51. The third-order valence-electron chi connectivity index (χ3n) is 5.38. The van der Waals surface area contributed by atoms with Gasteiger partial charge in [-0.05, 0) is 50.9 Å². The third-order valence-corrected chi connectivity index (χ3v) is 5.38. The van der Waals surface area contributed by atoms with Gasteiger partial charge in [0.2, 0.25) is 5.91 Å². The van der Waals surface area contributed by atoms with E-state index in [1.807, 2.05) is 6.92 Å². The first-order chi connectivity index (χ1) is 9.58. The first-order valence-electron chi connectivity index (χ1n) is 7.70. The van der Waals surface area contributed by atoms with E-state index >= 15 is 0 Å². The highest BCUT2D eigenvalue weighted by molar-refractivity contribution is 5.85. The fourth-order valence-electron chi connectivity index (χ4n) is 4.42. The van der Waals surface area contributed by atoms with Gasteiger partial charge in [0.1, 0.15) is 0 Å². The molecule has 20 heavy (non-hydrogen) atoms. The molecule has 2 bridgehead atoms. The zero-order valence-corrected chi connectivity index (χ0v) is 11.8. The van der Waals surface area contributed by atoms with Crippen molar-refractivity contribution in [3.8, 4) is 0 Å². The van der Waals surface area contributed by atoms with Crippen molar-refractivity contribution >= 4 is 11.9 Å². The van der Waals surface area contributed by atoms with E-state index in [-0.39, 0.29) is 29.9 Å². The second kappa shape index (κ2) is 5.35. The molecule has 1 saturated heterocycles. The Balaban J connectivity index is 1.65. The molecule has 0 aromatic heterocycles. The average molecular weight is 280 g/mol. The van der Waals surface area contributed by atoms with Crippen LogP contribution in [0.25, 0.3) is 0 Å². The lowest BCUT2D eigenvalue weighted by atomic mass is 9.78. The second-order valence-corrected chi connectivity index (χ2v) is 6.55. The van der Waals surface area contributed by atoms with Crippen LogP contribution in [-0.2, 0) is 14.3 Å². The summed E-state index contributed by atoms with van der Waals surface area (Å²) in [5.74, 6) is -1.80. The number of rotatable bonds is 4. The van der Waals surface area contributed by atoms with Crippen molar-refractivity contribution < 1.29 is 19.4 Å². The lowest BCUT2D eigenvalue weighted by Gasteiger charge is -2.32. The monoisotopic (exact) mass is 280 g/mol. The first-order valence-corrected chi connectivity index (χ1v) is 7.70. The summed E-state index contributed by atoms with van der Waals surface area (Å²) in [6.07, 6.45) is 4.82. The maximum Gasteiger partial charge on any atom is 0.224 e. The molecule has 0 radical (unpaired) electrons. The molecule has 3 rings (SSSR count). The van der Waals surface area contributed by atoms with Crippen LogP contribution in [0.4, 0.5) is 0 Å². The van der Waals surface area contributed by atoms with Crippen LogP contribution in [0.15, 0.2) is 0 Å². The minimum Gasteiger partial charge on any atom is -0.550 e. The van der Waals surface area contributed by atoms with E-state index in [9.17, 15) is 14.7 Å². The summed E-state index contributed by atoms with van der Waals surface area (Å²) in [5.41, 5.74) is 0. The van der Waals surface area contributed by atoms with Gasteiger partial charge in [0.05, 0.1) is 12.1 Å². The molecule has 0 aromatic carbocycles. The molecule has 3 fully saturated rings. The van der Waals surface area contributed by atoms with Crippen molar-refractivity contribution in [1.82, 2.24) is 5.32 Å². The van der Waals surface area contributed by atoms with Crippen molar-refractivity contribution in [2.75, 3.05) is 6.61 Å². The quantitative estimate of drug-likeness (QED) is 0.791. The van der Waals surface area contributed by atoms with Gasteiger partial charge >= 0.3 is 0 Å². The lowest BCUT2D eigenvalue weighted by molar-refractivity contribution is -0.314. The topological polar surface area (TPSA) is 78.5 Å². The summed E-state index contributed by atoms with van der Waals surface area (Å²) in [7, 11) is 0. The SMILES string of the molecule is C[C@@H](NC(=O)[C@@H]1[C@@H]2CC[C@@H](C2)[C@@H]1C(=O)[O-])[C@@H]1CCCO1. The standard InChI is InChI=1S/C15H23NO4/c1-8(11-3-2-6-20-11)16-14(17)12-9-4-5-10(7-9)13(12)15(18)19/h8-13H,2-7H2,1H3,(H,16,17)(H,18,19)/p-1/t8-,9-,10+,11+,12-,13+/m1/s1. The summed E-state index contributed by atoms with van der Waals surface area (Å²) in [4.78, 5) is 23.8. The Bertz CT molecular complexity index is 405. The molecule has 5 heteroatoms. The number of hydrogen-bond donors (Lipinski definition) is 1. The fraction of sp³-hybridized carbons (Fsp3) is 0.867. The maximum atomic E-state index is 12.5. The van der Waals surface area contributed by atoms with Gasteiger partial charge in [-0.15, -0.1) is 0 Å². The summed E-state index contributed by atoms with van der Waals surface area (Å²) in [6, 6.07) is -0.0495. The Morgan fingerprint density at radius 1 is 1.20 bits per heavy atom. The number of ether oxygens (including phenoxy) is 1. The van der Waals surface area contributed by atoms with E-state index in [0.717, 1.165) is 38.7 Å². The number of aliphatic carboxylic acids is 1. The Morgan fingerprint density at radius 2 is 1.90 bits per heavy atom. The summed E-state index contributed by atoms with van der Waals surface area (Å²) < 4.78 is 5.57. The molecule has 6 atom stereocenters. The minimum atomic E-state index is -1.05. The number of fused-ring (bicyclic) bond motifs is 2. The van der Waals surface area contributed by atoms with Gasteiger partial charge in [0.15, 0.2) is 0 Å². The highest BCUT2D eigenvalue weighted by Crippen LogP contribution is 2.52. The number of nitrogens with one attached hydrogen (secondary N) is 1. The zero-order chi connectivity index (χ0) is 14.3. The maximum absolute atomic E-state index is 12.5. The lowest BCUT2D eigenvalue weighted by Crippen LogP contribution is -2.49. The zero-order valence-electron chi connectivity index (χ0n) is 11.8. The van der Waals surface area contributed by atoms with Gasteiger partial charge < -0.3 is 20.0 Å². The summed E-state index contributed by atoms with van der Waals surface area (Å²) in [5, 5.41) is 14.3. The van der Waals surface area contributed by atoms with Crippen molar-refractivity contribution in [2.24, 2.45) is 23.7 Å². The van der Waals surface area contributed by atoms with Crippen molar-refractivity contribution in [3.05, 3.63) is 0 Å². The molecular weight excluding hydrogens is 258 g/mol. The molecule has 112 valence electrons. The van der Waals surface area contributed by atoms with Gasteiger partial charge in [-0.3, -0.25) is 4.79 Å². The van der Waals surface area contributed by atoms with Crippen LogP contribution in [0.3, 0.4) is 0 Å². The Kier molecular flexibility index (Phi) is 3.71. The van der Waals surface area contributed by atoms with Gasteiger partial charge in [0, 0.05) is 24.4 Å². The van der Waals surface area contributed by atoms with E-state index < -0.39 is 17.8 Å².